The van der Waals surface area contributed by atoms with E-state index in [2.05, 4.69) is 10.6 Å². The topological polar surface area (TPSA) is 58.2 Å². The van der Waals surface area contributed by atoms with Crippen LogP contribution < -0.4 is 10.6 Å². The van der Waals surface area contributed by atoms with Crippen LogP contribution in [0.5, 0.6) is 0 Å². The lowest BCUT2D eigenvalue weighted by atomic mass is 10.1. The van der Waals surface area contributed by atoms with Crippen molar-refractivity contribution in [2.75, 3.05) is 5.32 Å². The van der Waals surface area contributed by atoms with Gasteiger partial charge in [0.25, 0.3) is 5.91 Å². The Bertz CT molecular complexity index is 553. The van der Waals surface area contributed by atoms with Gasteiger partial charge in [0.15, 0.2) is 0 Å². The summed E-state index contributed by atoms with van der Waals surface area (Å²) in [5.74, 6) is -0.0478. The number of hydrogen-bond acceptors (Lipinski definition) is 3. The number of carbonyl (C=O) groups is 2. The summed E-state index contributed by atoms with van der Waals surface area (Å²) in [5.41, 5.74) is 1.36. The molecule has 20 heavy (non-hydrogen) atoms. The van der Waals surface area contributed by atoms with Crippen LogP contribution in [0, 0.1) is 0 Å². The third kappa shape index (κ3) is 2.68. The van der Waals surface area contributed by atoms with Gasteiger partial charge in [-0.2, -0.15) is 0 Å². The van der Waals surface area contributed by atoms with Crippen LogP contribution in [-0.2, 0) is 4.79 Å². The summed E-state index contributed by atoms with van der Waals surface area (Å²) in [6, 6.07) is 5.83. The maximum Gasteiger partial charge on any atom is 0.251 e. The molecule has 2 amide bonds. The number of anilines is 1. The highest BCUT2D eigenvalue weighted by molar-refractivity contribution is 8.00. The Labute approximate surface area is 122 Å². The van der Waals surface area contributed by atoms with E-state index < -0.39 is 0 Å². The number of amides is 2. The van der Waals surface area contributed by atoms with Gasteiger partial charge in [-0.15, -0.1) is 11.8 Å². The average molecular weight is 290 g/mol. The molecule has 0 aromatic heterocycles. The minimum absolute atomic E-state index is 0.00384. The molecule has 1 fully saturated rings. The van der Waals surface area contributed by atoms with E-state index >= 15 is 0 Å². The van der Waals surface area contributed by atoms with Crippen LogP contribution in [0.4, 0.5) is 5.69 Å². The summed E-state index contributed by atoms with van der Waals surface area (Å²) in [4.78, 5) is 24.9. The van der Waals surface area contributed by atoms with Crippen LogP contribution in [-0.4, -0.2) is 23.1 Å². The highest BCUT2D eigenvalue weighted by Gasteiger charge is 2.24. The van der Waals surface area contributed by atoms with Gasteiger partial charge in [-0.25, -0.2) is 0 Å². The van der Waals surface area contributed by atoms with E-state index in [1.54, 1.807) is 6.07 Å². The third-order valence-electron chi connectivity index (χ3n) is 3.86. The van der Waals surface area contributed by atoms with Crippen molar-refractivity contribution in [3.05, 3.63) is 23.8 Å². The van der Waals surface area contributed by atoms with E-state index in [4.69, 9.17) is 0 Å². The van der Waals surface area contributed by atoms with Gasteiger partial charge in [-0.05, 0) is 38.0 Å². The highest BCUT2D eigenvalue weighted by atomic mass is 32.2. The molecule has 1 heterocycles. The Morgan fingerprint density at radius 2 is 2.10 bits per heavy atom. The zero-order chi connectivity index (χ0) is 14.1. The van der Waals surface area contributed by atoms with Crippen LogP contribution >= 0.6 is 11.8 Å². The second kappa shape index (κ2) is 5.48. The molecule has 1 aromatic rings. The van der Waals surface area contributed by atoms with Gasteiger partial charge < -0.3 is 10.6 Å². The van der Waals surface area contributed by atoms with Crippen molar-refractivity contribution in [1.29, 1.82) is 0 Å². The van der Waals surface area contributed by atoms with Crippen molar-refractivity contribution in [3.63, 3.8) is 0 Å². The Morgan fingerprint density at radius 1 is 1.35 bits per heavy atom. The van der Waals surface area contributed by atoms with Crippen molar-refractivity contribution < 1.29 is 9.59 Å². The van der Waals surface area contributed by atoms with Crippen molar-refractivity contribution >= 4 is 29.3 Å². The van der Waals surface area contributed by atoms with Crippen LogP contribution in [0.1, 0.15) is 43.0 Å². The molecular weight excluding hydrogens is 272 g/mol. The van der Waals surface area contributed by atoms with E-state index in [0.717, 1.165) is 23.4 Å². The van der Waals surface area contributed by atoms with Crippen LogP contribution in [0.25, 0.3) is 0 Å². The van der Waals surface area contributed by atoms with Crippen LogP contribution in [0.15, 0.2) is 23.1 Å². The summed E-state index contributed by atoms with van der Waals surface area (Å²) >= 11 is 1.53. The smallest absolute Gasteiger partial charge is 0.251 e. The van der Waals surface area contributed by atoms with Crippen molar-refractivity contribution in [3.8, 4) is 0 Å². The summed E-state index contributed by atoms with van der Waals surface area (Å²) < 4.78 is 0. The maximum atomic E-state index is 12.2. The lowest BCUT2D eigenvalue weighted by Gasteiger charge is -2.22. The van der Waals surface area contributed by atoms with Crippen molar-refractivity contribution in [2.24, 2.45) is 0 Å². The third-order valence-corrected chi connectivity index (χ3v) is 5.04. The second-order valence-electron chi connectivity index (χ2n) is 5.42. The summed E-state index contributed by atoms with van der Waals surface area (Å²) in [5, 5.41) is 5.84. The summed E-state index contributed by atoms with van der Waals surface area (Å²) in [7, 11) is 0. The lowest BCUT2D eigenvalue weighted by molar-refractivity contribution is -0.115. The van der Waals surface area contributed by atoms with E-state index in [1.165, 1.54) is 24.6 Å². The molecule has 4 nitrogen and oxygen atoms in total. The quantitative estimate of drug-likeness (QED) is 0.880. The molecule has 1 unspecified atom stereocenters. The fourth-order valence-corrected chi connectivity index (χ4v) is 3.62. The Hall–Kier alpha value is -1.49. The Morgan fingerprint density at radius 3 is 2.85 bits per heavy atom. The molecule has 0 spiro atoms. The predicted octanol–water partition coefficient (Wildman–Crippen LogP) is 2.79. The molecule has 3 rings (SSSR count). The van der Waals surface area contributed by atoms with Crippen LogP contribution in [0.3, 0.4) is 0 Å². The van der Waals surface area contributed by atoms with Crippen molar-refractivity contribution in [2.45, 2.75) is 48.8 Å². The number of nitrogens with one attached hydrogen (secondary N) is 2. The first kappa shape index (κ1) is 13.5. The number of rotatable bonds is 2. The van der Waals surface area contributed by atoms with Gasteiger partial charge in [-0.1, -0.05) is 12.8 Å². The first-order valence-electron chi connectivity index (χ1n) is 7.06. The first-order chi connectivity index (χ1) is 9.63. The van der Waals surface area contributed by atoms with E-state index in [9.17, 15) is 9.59 Å². The number of fused-ring (bicyclic) bond motifs is 1. The first-order valence-corrected chi connectivity index (χ1v) is 7.94. The molecule has 1 saturated carbocycles. The molecule has 2 N–H and O–H groups in total. The number of hydrogen-bond donors (Lipinski definition) is 2. The van der Waals surface area contributed by atoms with Gasteiger partial charge in [0.1, 0.15) is 0 Å². The van der Waals surface area contributed by atoms with E-state index in [1.807, 2.05) is 19.1 Å². The van der Waals surface area contributed by atoms with Crippen LogP contribution in [0.2, 0.25) is 0 Å². The maximum absolute atomic E-state index is 12.2. The molecule has 2 aliphatic rings. The Kier molecular flexibility index (Phi) is 3.70. The fourth-order valence-electron chi connectivity index (χ4n) is 2.69. The largest absolute Gasteiger partial charge is 0.349 e. The minimum Gasteiger partial charge on any atom is -0.349 e. The summed E-state index contributed by atoms with van der Waals surface area (Å²) in [6.07, 6.45) is 4.53. The van der Waals surface area contributed by atoms with Gasteiger partial charge in [0, 0.05) is 16.5 Å². The summed E-state index contributed by atoms with van der Waals surface area (Å²) in [6.45, 7) is 1.88. The standard InChI is InChI=1S/C15H18N2O2S/c1-9-14(18)17-12-8-10(6-7-13(12)20-9)15(19)16-11-4-2-3-5-11/h6-9,11H,2-5H2,1H3,(H,16,19)(H,17,18). The molecule has 1 aliphatic heterocycles. The van der Waals surface area contributed by atoms with Gasteiger partial charge >= 0.3 is 0 Å². The predicted molar refractivity (Wildman–Crippen MR) is 80.1 cm³/mol. The molecule has 0 saturated heterocycles. The zero-order valence-corrected chi connectivity index (χ0v) is 12.3. The Balaban J connectivity index is 1.76. The molecule has 0 radical (unpaired) electrons. The average Bonchev–Trinajstić information content (AvgIpc) is 2.92. The number of benzene rings is 1. The fraction of sp³-hybridized carbons (Fsp3) is 0.467. The SMILES string of the molecule is CC1Sc2ccc(C(=O)NC3CCCC3)cc2NC1=O. The zero-order valence-electron chi connectivity index (χ0n) is 11.4. The van der Waals surface area contributed by atoms with Crippen molar-refractivity contribution in [1.82, 2.24) is 5.32 Å². The van der Waals surface area contributed by atoms with Gasteiger partial charge in [0.2, 0.25) is 5.91 Å². The molecular formula is C15H18N2O2S. The molecule has 106 valence electrons. The monoisotopic (exact) mass is 290 g/mol. The van der Waals surface area contributed by atoms with Gasteiger partial charge in [-0.3, -0.25) is 9.59 Å². The van der Waals surface area contributed by atoms with E-state index in [-0.39, 0.29) is 17.1 Å². The molecule has 0 bridgehead atoms. The van der Waals surface area contributed by atoms with Gasteiger partial charge in [0.05, 0.1) is 10.9 Å². The van der Waals surface area contributed by atoms with E-state index in [0.29, 0.717) is 11.6 Å². The molecule has 1 aliphatic carbocycles. The molecule has 1 atom stereocenters. The normalized spacial score (nSPS) is 22.2. The second-order valence-corrected chi connectivity index (χ2v) is 6.80. The minimum atomic E-state index is -0.0827. The number of thioether (sulfide) groups is 1. The lowest BCUT2D eigenvalue weighted by Crippen LogP contribution is -2.33. The number of carbonyl (C=O) groups excluding carboxylic acids is 2. The molecule has 1 aromatic carbocycles. The highest BCUT2D eigenvalue weighted by Crippen LogP contribution is 2.35. The molecule has 5 heteroatoms.